The summed E-state index contributed by atoms with van der Waals surface area (Å²) in [6.07, 6.45) is 1.09. The fraction of sp³-hybridized carbons (Fsp3) is 0.444. The average Bonchev–Trinajstić information content (AvgIpc) is 3.00. The molecule has 24 heavy (non-hydrogen) atoms. The Kier molecular flexibility index (Phi) is 5.03. The quantitative estimate of drug-likeness (QED) is 0.809. The maximum Gasteiger partial charge on any atom is 0.231 e. The molecule has 2 N–H and O–H groups in total. The van der Waals surface area contributed by atoms with E-state index in [0.29, 0.717) is 25.2 Å². The van der Waals surface area contributed by atoms with Crippen LogP contribution in [0.1, 0.15) is 31.5 Å². The Morgan fingerprint density at radius 3 is 2.75 bits per heavy atom. The van der Waals surface area contributed by atoms with Crippen molar-refractivity contribution in [3.05, 3.63) is 35.5 Å². The zero-order valence-electron chi connectivity index (χ0n) is 14.4. The molecule has 0 atom stereocenters. The average molecular weight is 328 g/mol. The molecule has 0 saturated heterocycles. The second kappa shape index (κ2) is 7.38. The lowest BCUT2D eigenvalue weighted by molar-refractivity contribution is 0.174. The molecule has 0 radical (unpaired) electrons. The van der Waals surface area contributed by atoms with Gasteiger partial charge < -0.3 is 20.1 Å². The van der Waals surface area contributed by atoms with Crippen molar-refractivity contribution in [2.24, 2.45) is 5.92 Å². The first-order valence-electron chi connectivity index (χ1n) is 8.32. The van der Waals surface area contributed by atoms with Gasteiger partial charge in [0.2, 0.25) is 12.7 Å². The Labute approximate surface area is 142 Å². The van der Waals surface area contributed by atoms with E-state index in [4.69, 9.17) is 9.47 Å². The monoisotopic (exact) mass is 328 g/mol. The van der Waals surface area contributed by atoms with E-state index in [1.165, 1.54) is 0 Å². The molecule has 1 aliphatic rings. The van der Waals surface area contributed by atoms with Crippen molar-refractivity contribution in [3.8, 4) is 11.5 Å². The van der Waals surface area contributed by atoms with Gasteiger partial charge in [-0.05, 0) is 37.0 Å². The van der Waals surface area contributed by atoms with Crippen LogP contribution in [0.3, 0.4) is 0 Å². The fourth-order valence-electron chi connectivity index (χ4n) is 2.45. The maximum absolute atomic E-state index is 5.41. The minimum atomic E-state index is 0.294. The van der Waals surface area contributed by atoms with Gasteiger partial charge in [0.15, 0.2) is 11.5 Å². The highest BCUT2D eigenvalue weighted by Crippen LogP contribution is 2.32. The van der Waals surface area contributed by atoms with Crippen LogP contribution in [0.4, 0.5) is 11.8 Å². The number of hydrogen-bond donors (Lipinski definition) is 2. The minimum absolute atomic E-state index is 0.294. The smallest absolute Gasteiger partial charge is 0.231 e. The predicted octanol–water partition coefficient (Wildman–Crippen LogP) is 3.58. The molecule has 1 aromatic carbocycles. The normalized spacial score (nSPS) is 12.5. The van der Waals surface area contributed by atoms with Gasteiger partial charge in [-0.2, -0.15) is 4.98 Å². The summed E-state index contributed by atoms with van der Waals surface area (Å²) in [5, 5.41) is 6.64. The zero-order chi connectivity index (χ0) is 16.9. The number of aromatic nitrogens is 2. The van der Waals surface area contributed by atoms with Gasteiger partial charge in [-0.1, -0.05) is 19.9 Å². The van der Waals surface area contributed by atoms with Crippen molar-refractivity contribution in [1.29, 1.82) is 0 Å². The number of ether oxygens (including phenoxy) is 2. The maximum atomic E-state index is 5.41. The highest BCUT2D eigenvalue weighted by molar-refractivity contribution is 5.47. The number of nitrogens with one attached hydrogen (secondary N) is 2. The van der Waals surface area contributed by atoms with Crippen molar-refractivity contribution in [1.82, 2.24) is 9.97 Å². The topological polar surface area (TPSA) is 68.3 Å². The molecule has 0 spiro atoms. The standard InChI is InChI=1S/C18H24N4O2/c1-12(2)6-7-19-18-21-13(3)8-17(22-18)20-10-14-4-5-15-16(9-14)24-11-23-15/h4-5,8-9,12H,6-7,10-11H2,1-3H3,(H2,19,20,21,22). The molecule has 6 heteroatoms. The van der Waals surface area contributed by atoms with E-state index in [1.54, 1.807) is 0 Å². The predicted molar refractivity (Wildman–Crippen MR) is 94.6 cm³/mol. The van der Waals surface area contributed by atoms with Gasteiger partial charge in [-0.25, -0.2) is 4.98 Å². The van der Waals surface area contributed by atoms with E-state index in [-0.39, 0.29) is 0 Å². The second-order valence-electron chi connectivity index (χ2n) is 6.37. The Bertz CT molecular complexity index is 703. The summed E-state index contributed by atoms with van der Waals surface area (Å²) in [4.78, 5) is 8.96. The van der Waals surface area contributed by atoms with Crippen molar-refractivity contribution < 1.29 is 9.47 Å². The number of fused-ring (bicyclic) bond motifs is 1. The van der Waals surface area contributed by atoms with Gasteiger partial charge in [0.05, 0.1) is 0 Å². The summed E-state index contributed by atoms with van der Waals surface area (Å²) < 4.78 is 10.7. The Morgan fingerprint density at radius 2 is 1.92 bits per heavy atom. The van der Waals surface area contributed by atoms with Crippen LogP contribution in [0.25, 0.3) is 0 Å². The van der Waals surface area contributed by atoms with E-state index in [2.05, 4.69) is 34.4 Å². The molecule has 0 bridgehead atoms. The minimum Gasteiger partial charge on any atom is -0.454 e. The van der Waals surface area contributed by atoms with Gasteiger partial charge >= 0.3 is 0 Å². The highest BCUT2D eigenvalue weighted by Gasteiger charge is 2.13. The second-order valence-corrected chi connectivity index (χ2v) is 6.37. The highest BCUT2D eigenvalue weighted by atomic mass is 16.7. The van der Waals surface area contributed by atoms with Gasteiger partial charge in [0.25, 0.3) is 0 Å². The van der Waals surface area contributed by atoms with Gasteiger partial charge in [-0.15, -0.1) is 0 Å². The summed E-state index contributed by atoms with van der Waals surface area (Å²) in [6.45, 7) is 8.22. The lowest BCUT2D eigenvalue weighted by Crippen LogP contribution is -2.10. The van der Waals surface area contributed by atoms with Crippen molar-refractivity contribution >= 4 is 11.8 Å². The first kappa shape index (κ1) is 16.4. The summed E-state index contributed by atoms with van der Waals surface area (Å²) in [5.41, 5.74) is 2.05. The summed E-state index contributed by atoms with van der Waals surface area (Å²) in [5.74, 6) is 3.74. The van der Waals surface area contributed by atoms with E-state index in [9.17, 15) is 0 Å². The van der Waals surface area contributed by atoms with Crippen LogP contribution >= 0.6 is 0 Å². The molecule has 0 amide bonds. The molecule has 3 rings (SSSR count). The molecule has 6 nitrogen and oxygen atoms in total. The van der Waals surface area contributed by atoms with E-state index >= 15 is 0 Å². The third-order valence-corrected chi connectivity index (χ3v) is 3.77. The molecule has 128 valence electrons. The molecule has 2 heterocycles. The van der Waals surface area contributed by atoms with Crippen molar-refractivity contribution in [2.45, 2.75) is 33.7 Å². The van der Waals surface area contributed by atoms with Crippen LogP contribution in [0.15, 0.2) is 24.3 Å². The first-order chi connectivity index (χ1) is 11.6. The molecule has 0 fully saturated rings. The molecule has 1 aliphatic heterocycles. The molecule has 0 aliphatic carbocycles. The van der Waals surface area contributed by atoms with Crippen LogP contribution in [0, 0.1) is 12.8 Å². The third-order valence-electron chi connectivity index (χ3n) is 3.77. The lowest BCUT2D eigenvalue weighted by atomic mass is 10.1. The Balaban J connectivity index is 1.61. The number of rotatable bonds is 7. The molecule has 2 aromatic rings. The number of aryl methyl sites for hydroxylation is 1. The number of nitrogens with zero attached hydrogens (tertiary/aromatic N) is 2. The number of benzene rings is 1. The van der Waals surface area contributed by atoms with Gasteiger partial charge in [-0.3, -0.25) is 0 Å². The van der Waals surface area contributed by atoms with Crippen LogP contribution < -0.4 is 20.1 Å². The van der Waals surface area contributed by atoms with Gasteiger partial charge in [0, 0.05) is 24.8 Å². The summed E-state index contributed by atoms with van der Waals surface area (Å²) in [6, 6.07) is 7.89. The number of hydrogen-bond acceptors (Lipinski definition) is 6. The molecule has 0 unspecified atom stereocenters. The van der Waals surface area contributed by atoms with Crippen molar-refractivity contribution in [3.63, 3.8) is 0 Å². The molecule has 1 aromatic heterocycles. The largest absolute Gasteiger partial charge is 0.454 e. The molecular formula is C18H24N4O2. The molecular weight excluding hydrogens is 304 g/mol. The summed E-state index contributed by atoms with van der Waals surface area (Å²) >= 11 is 0. The van der Waals surface area contributed by atoms with E-state index < -0.39 is 0 Å². The van der Waals surface area contributed by atoms with Gasteiger partial charge in [0.1, 0.15) is 5.82 Å². The van der Waals surface area contributed by atoms with Crippen LogP contribution in [0.2, 0.25) is 0 Å². The fourth-order valence-corrected chi connectivity index (χ4v) is 2.45. The Hall–Kier alpha value is -2.50. The Morgan fingerprint density at radius 1 is 1.08 bits per heavy atom. The van der Waals surface area contributed by atoms with Crippen LogP contribution in [-0.4, -0.2) is 23.3 Å². The molecule has 0 saturated carbocycles. The van der Waals surface area contributed by atoms with E-state index in [1.807, 2.05) is 31.2 Å². The van der Waals surface area contributed by atoms with Crippen molar-refractivity contribution in [2.75, 3.05) is 24.0 Å². The van der Waals surface area contributed by atoms with E-state index in [0.717, 1.165) is 41.5 Å². The zero-order valence-corrected chi connectivity index (χ0v) is 14.4. The van der Waals surface area contributed by atoms with Crippen LogP contribution in [-0.2, 0) is 6.54 Å². The first-order valence-corrected chi connectivity index (χ1v) is 8.32. The SMILES string of the molecule is Cc1cc(NCc2ccc3c(c2)OCO3)nc(NCCC(C)C)n1. The third kappa shape index (κ3) is 4.28. The van der Waals surface area contributed by atoms with Crippen LogP contribution in [0.5, 0.6) is 11.5 Å². The summed E-state index contributed by atoms with van der Waals surface area (Å²) in [7, 11) is 0. The number of anilines is 2. The lowest BCUT2D eigenvalue weighted by Gasteiger charge is -2.11.